The molecule has 12 heavy (non-hydrogen) atoms. The number of aliphatic hydroxyl groups excluding tert-OH is 1. The molecule has 0 fully saturated rings. The molecular formula is C11H10O. The summed E-state index contributed by atoms with van der Waals surface area (Å²) >= 11 is 0. The minimum absolute atomic E-state index is 0.0989. The molecule has 1 aromatic carbocycles. The van der Waals surface area contributed by atoms with Crippen LogP contribution in [-0.2, 0) is 0 Å². The Balaban J connectivity index is 2.93. The van der Waals surface area contributed by atoms with E-state index >= 15 is 0 Å². The van der Waals surface area contributed by atoms with Crippen LogP contribution in [0.5, 0.6) is 0 Å². The summed E-state index contributed by atoms with van der Waals surface area (Å²) in [4.78, 5) is 0. The maximum absolute atomic E-state index is 8.46. The molecule has 0 aromatic heterocycles. The predicted octanol–water partition coefficient (Wildman–Crippen LogP) is 1.67. The van der Waals surface area contributed by atoms with Gasteiger partial charge in [-0.1, -0.05) is 36.6 Å². The number of benzene rings is 1. The molecule has 0 aliphatic heterocycles. The molecule has 0 amide bonds. The first-order chi connectivity index (χ1) is 5.86. The molecule has 0 unspecified atom stereocenters. The molecule has 0 spiro atoms. The summed E-state index contributed by atoms with van der Waals surface area (Å²) in [6.07, 6.45) is 1.77. The average Bonchev–Trinajstić information content (AvgIpc) is 2.15. The van der Waals surface area contributed by atoms with Crippen LogP contribution in [-0.4, -0.2) is 11.7 Å². The fourth-order valence-corrected chi connectivity index (χ4v) is 0.885. The van der Waals surface area contributed by atoms with E-state index in [4.69, 9.17) is 5.11 Å². The number of hydrogen-bond acceptors (Lipinski definition) is 1. The second-order valence-electron chi connectivity index (χ2n) is 2.29. The van der Waals surface area contributed by atoms with E-state index in [0.717, 1.165) is 11.1 Å². The van der Waals surface area contributed by atoms with Crippen molar-refractivity contribution in [2.75, 3.05) is 6.61 Å². The zero-order valence-electron chi connectivity index (χ0n) is 6.75. The molecular weight excluding hydrogens is 148 g/mol. The first-order valence-corrected chi connectivity index (χ1v) is 3.69. The molecule has 0 aliphatic carbocycles. The van der Waals surface area contributed by atoms with Crippen molar-refractivity contribution in [3.63, 3.8) is 0 Å². The summed E-state index contributed by atoms with van der Waals surface area (Å²) in [6.45, 7) is 3.56. The second kappa shape index (κ2) is 4.38. The normalized spacial score (nSPS) is 8.42. The Bertz CT molecular complexity index is 328. The summed E-state index contributed by atoms with van der Waals surface area (Å²) in [7, 11) is 0. The Morgan fingerprint density at radius 1 is 1.50 bits per heavy atom. The van der Waals surface area contributed by atoms with Crippen molar-refractivity contribution in [1.29, 1.82) is 0 Å². The molecule has 1 heteroatoms. The molecule has 60 valence electrons. The van der Waals surface area contributed by atoms with Gasteiger partial charge in [-0.25, -0.2) is 0 Å². The molecule has 0 bridgehead atoms. The highest BCUT2D eigenvalue weighted by atomic mass is 16.2. The van der Waals surface area contributed by atoms with Gasteiger partial charge in [-0.15, -0.1) is 0 Å². The maximum atomic E-state index is 8.46. The van der Waals surface area contributed by atoms with Crippen molar-refractivity contribution in [2.24, 2.45) is 0 Å². The number of hydrogen-bond donors (Lipinski definition) is 1. The average molecular weight is 158 g/mol. The summed E-state index contributed by atoms with van der Waals surface area (Å²) in [5.74, 6) is 5.41. The van der Waals surface area contributed by atoms with Gasteiger partial charge in [0.15, 0.2) is 0 Å². The topological polar surface area (TPSA) is 20.2 Å². The zero-order valence-corrected chi connectivity index (χ0v) is 6.75. The lowest BCUT2D eigenvalue weighted by Gasteiger charge is -1.92. The molecule has 1 nitrogen and oxygen atoms in total. The number of rotatable bonds is 1. The fraction of sp³-hybridized carbons (Fsp3) is 0.0909. The molecule has 0 saturated carbocycles. The van der Waals surface area contributed by atoms with Gasteiger partial charge < -0.3 is 5.11 Å². The predicted molar refractivity (Wildman–Crippen MR) is 50.5 cm³/mol. The van der Waals surface area contributed by atoms with E-state index in [2.05, 4.69) is 18.4 Å². The minimum Gasteiger partial charge on any atom is -0.384 e. The van der Waals surface area contributed by atoms with Crippen LogP contribution in [0.4, 0.5) is 0 Å². The largest absolute Gasteiger partial charge is 0.384 e. The Kier molecular flexibility index (Phi) is 3.13. The molecule has 0 atom stereocenters. The van der Waals surface area contributed by atoms with Crippen LogP contribution in [0.15, 0.2) is 30.8 Å². The van der Waals surface area contributed by atoms with Crippen molar-refractivity contribution in [1.82, 2.24) is 0 Å². The smallest absolute Gasteiger partial charge is 0.104 e. The highest BCUT2D eigenvalue weighted by Gasteiger charge is 1.86. The molecule has 1 aromatic rings. The lowest BCUT2D eigenvalue weighted by molar-refractivity contribution is 0.350. The maximum Gasteiger partial charge on any atom is 0.104 e. The zero-order chi connectivity index (χ0) is 8.81. The van der Waals surface area contributed by atoms with Gasteiger partial charge in [0.25, 0.3) is 0 Å². The van der Waals surface area contributed by atoms with Gasteiger partial charge in [-0.2, -0.15) is 0 Å². The van der Waals surface area contributed by atoms with Crippen molar-refractivity contribution >= 4 is 6.08 Å². The van der Waals surface area contributed by atoms with E-state index < -0.39 is 0 Å². The van der Waals surface area contributed by atoms with Gasteiger partial charge >= 0.3 is 0 Å². The van der Waals surface area contributed by atoms with Crippen LogP contribution >= 0.6 is 0 Å². The van der Waals surface area contributed by atoms with Crippen molar-refractivity contribution in [3.05, 3.63) is 42.0 Å². The third-order valence-corrected chi connectivity index (χ3v) is 1.43. The van der Waals surface area contributed by atoms with Crippen molar-refractivity contribution in [3.8, 4) is 11.8 Å². The Morgan fingerprint density at radius 3 is 3.00 bits per heavy atom. The monoisotopic (exact) mass is 158 g/mol. The lowest BCUT2D eigenvalue weighted by Crippen LogP contribution is -1.77. The molecule has 1 rings (SSSR count). The minimum atomic E-state index is -0.0989. The van der Waals surface area contributed by atoms with Gasteiger partial charge in [0.05, 0.1) is 0 Å². The van der Waals surface area contributed by atoms with E-state index in [1.807, 2.05) is 24.3 Å². The summed E-state index contributed by atoms with van der Waals surface area (Å²) in [5.41, 5.74) is 1.95. The van der Waals surface area contributed by atoms with Crippen LogP contribution in [0, 0.1) is 11.8 Å². The van der Waals surface area contributed by atoms with Gasteiger partial charge in [0.1, 0.15) is 6.61 Å². The molecule has 0 radical (unpaired) electrons. The number of aliphatic hydroxyl groups is 1. The second-order valence-corrected chi connectivity index (χ2v) is 2.29. The Morgan fingerprint density at radius 2 is 2.33 bits per heavy atom. The van der Waals surface area contributed by atoms with E-state index in [0.29, 0.717) is 0 Å². The SMILES string of the molecule is C=Cc1cccc(C#CCO)c1. The van der Waals surface area contributed by atoms with Crippen LogP contribution < -0.4 is 0 Å². The Labute approximate surface area is 72.4 Å². The summed E-state index contributed by atoms with van der Waals surface area (Å²) in [6, 6.07) is 7.70. The van der Waals surface area contributed by atoms with Crippen LogP contribution in [0.25, 0.3) is 6.08 Å². The van der Waals surface area contributed by atoms with Crippen LogP contribution in [0.2, 0.25) is 0 Å². The quantitative estimate of drug-likeness (QED) is 0.616. The van der Waals surface area contributed by atoms with E-state index in [-0.39, 0.29) is 6.61 Å². The van der Waals surface area contributed by atoms with E-state index in [1.54, 1.807) is 6.08 Å². The standard InChI is InChI=1S/C11H10O/c1-2-10-5-3-6-11(9-10)7-4-8-12/h2-3,5-6,9,12H,1,8H2. The van der Waals surface area contributed by atoms with E-state index in [9.17, 15) is 0 Å². The van der Waals surface area contributed by atoms with Crippen LogP contribution in [0.1, 0.15) is 11.1 Å². The third-order valence-electron chi connectivity index (χ3n) is 1.43. The lowest BCUT2D eigenvalue weighted by atomic mass is 10.1. The molecule has 0 heterocycles. The van der Waals surface area contributed by atoms with Crippen LogP contribution in [0.3, 0.4) is 0 Å². The van der Waals surface area contributed by atoms with Gasteiger partial charge in [-0.3, -0.25) is 0 Å². The van der Waals surface area contributed by atoms with E-state index in [1.165, 1.54) is 0 Å². The van der Waals surface area contributed by atoms with Gasteiger partial charge in [0.2, 0.25) is 0 Å². The first kappa shape index (κ1) is 8.58. The molecule has 0 saturated heterocycles. The first-order valence-electron chi connectivity index (χ1n) is 3.69. The van der Waals surface area contributed by atoms with Gasteiger partial charge in [0, 0.05) is 5.56 Å². The Hall–Kier alpha value is -1.52. The molecule has 1 N–H and O–H groups in total. The van der Waals surface area contributed by atoms with Crippen molar-refractivity contribution < 1.29 is 5.11 Å². The van der Waals surface area contributed by atoms with Gasteiger partial charge in [-0.05, 0) is 17.7 Å². The summed E-state index contributed by atoms with van der Waals surface area (Å²) < 4.78 is 0. The highest BCUT2D eigenvalue weighted by Crippen LogP contribution is 2.04. The molecule has 0 aliphatic rings. The third kappa shape index (κ3) is 2.26. The van der Waals surface area contributed by atoms with Crippen molar-refractivity contribution in [2.45, 2.75) is 0 Å². The fourth-order valence-electron chi connectivity index (χ4n) is 0.885. The highest BCUT2D eigenvalue weighted by molar-refractivity contribution is 5.51. The summed E-state index contributed by atoms with van der Waals surface area (Å²) in [5, 5.41) is 8.46.